The number of hydrogen-bond donors (Lipinski definition) is 2. The first-order valence-electron chi connectivity index (χ1n) is 8.46. The molecule has 0 aliphatic heterocycles. The molecule has 0 radical (unpaired) electrons. The lowest BCUT2D eigenvalue weighted by atomic mass is 10.1. The van der Waals surface area contributed by atoms with Crippen LogP contribution in [0.4, 0.5) is 17.2 Å². The number of anilines is 3. The SMILES string of the molecule is CCc1ccccc1Nc1ccc(NC(=O)c2ccccc2OC)nc1. The first kappa shape index (κ1) is 17.5. The van der Waals surface area contributed by atoms with Crippen molar-refractivity contribution in [1.82, 2.24) is 4.98 Å². The van der Waals surface area contributed by atoms with Gasteiger partial charge < -0.3 is 15.4 Å². The number of methoxy groups -OCH3 is 1. The molecule has 132 valence electrons. The maximum atomic E-state index is 12.4. The Bertz CT molecular complexity index is 892. The Hall–Kier alpha value is -3.34. The normalized spacial score (nSPS) is 10.2. The first-order chi connectivity index (χ1) is 12.7. The van der Waals surface area contributed by atoms with Crippen LogP contribution in [0.2, 0.25) is 0 Å². The van der Waals surface area contributed by atoms with Crippen LogP contribution in [-0.2, 0) is 6.42 Å². The van der Waals surface area contributed by atoms with E-state index in [1.54, 1.807) is 37.6 Å². The number of ether oxygens (including phenoxy) is 1. The molecule has 0 saturated heterocycles. The number of carbonyl (C=O) groups excluding carboxylic acids is 1. The Morgan fingerprint density at radius 2 is 1.81 bits per heavy atom. The summed E-state index contributed by atoms with van der Waals surface area (Å²) in [5, 5.41) is 6.15. The molecule has 5 nitrogen and oxygen atoms in total. The highest BCUT2D eigenvalue weighted by Gasteiger charge is 2.12. The van der Waals surface area contributed by atoms with Crippen LogP contribution >= 0.6 is 0 Å². The number of nitrogens with one attached hydrogen (secondary N) is 2. The standard InChI is InChI=1S/C21H21N3O2/c1-3-15-8-4-6-10-18(15)23-16-12-13-20(22-14-16)24-21(25)17-9-5-7-11-19(17)26-2/h4-14,23H,3H2,1-2H3,(H,22,24,25). The second kappa shape index (κ2) is 8.16. The van der Waals surface area contributed by atoms with Gasteiger partial charge in [0.25, 0.3) is 5.91 Å². The Morgan fingerprint density at radius 1 is 1.04 bits per heavy atom. The molecule has 0 bridgehead atoms. The highest BCUT2D eigenvalue weighted by atomic mass is 16.5. The molecule has 5 heteroatoms. The van der Waals surface area contributed by atoms with Crippen LogP contribution in [0.15, 0.2) is 66.9 Å². The van der Waals surface area contributed by atoms with Crippen molar-refractivity contribution in [2.45, 2.75) is 13.3 Å². The van der Waals surface area contributed by atoms with Crippen molar-refractivity contribution < 1.29 is 9.53 Å². The lowest BCUT2D eigenvalue weighted by Gasteiger charge is -2.12. The molecule has 26 heavy (non-hydrogen) atoms. The molecular formula is C21H21N3O2. The van der Waals surface area contributed by atoms with Crippen LogP contribution in [0.1, 0.15) is 22.8 Å². The molecule has 0 aliphatic rings. The highest BCUT2D eigenvalue weighted by molar-refractivity contribution is 6.05. The fourth-order valence-electron chi connectivity index (χ4n) is 2.66. The smallest absolute Gasteiger partial charge is 0.260 e. The third-order valence-electron chi connectivity index (χ3n) is 4.03. The molecule has 0 saturated carbocycles. The van der Waals surface area contributed by atoms with Crippen molar-refractivity contribution in [1.29, 1.82) is 0 Å². The quantitative estimate of drug-likeness (QED) is 0.681. The molecule has 0 aliphatic carbocycles. The van der Waals surface area contributed by atoms with E-state index in [9.17, 15) is 4.79 Å². The summed E-state index contributed by atoms with van der Waals surface area (Å²) in [4.78, 5) is 16.7. The molecule has 0 atom stereocenters. The summed E-state index contributed by atoms with van der Waals surface area (Å²) in [5.41, 5.74) is 3.63. The van der Waals surface area contributed by atoms with Gasteiger partial charge in [0.2, 0.25) is 0 Å². The summed E-state index contributed by atoms with van der Waals surface area (Å²) in [7, 11) is 1.54. The summed E-state index contributed by atoms with van der Waals surface area (Å²) < 4.78 is 5.22. The third-order valence-corrected chi connectivity index (χ3v) is 4.03. The Morgan fingerprint density at radius 3 is 2.54 bits per heavy atom. The van der Waals surface area contributed by atoms with E-state index >= 15 is 0 Å². The molecular weight excluding hydrogens is 326 g/mol. The molecule has 0 unspecified atom stereocenters. The van der Waals surface area contributed by atoms with Crippen LogP contribution in [-0.4, -0.2) is 18.0 Å². The zero-order valence-corrected chi connectivity index (χ0v) is 14.8. The molecule has 3 aromatic rings. The number of aromatic nitrogens is 1. The van der Waals surface area contributed by atoms with Gasteiger partial charge in [-0.05, 0) is 42.3 Å². The number of carbonyl (C=O) groups is 1. The van der Waals surface area contributed by atoms with E-state index in [0.717, 1.165) is 17.8 Å². The van der Waals surface area contributed by atoms with Gasteiger partial charge in [-0.1, -0.05) is 37.3 Å². The van der Waals surface area contributed by atoms with Crippen molar-refractivity contribution in [2.75, 3.05) is 17.7 Å². The summed E-state index contributed by atoms with van der Waals surface area (Å²) in [6.07, 6.45) is 2.65. The van der Waals surface area contributed by atoms with E-state index in [1.807, 2.05) is 30.3 Å². The van der Waals surface area contributed by atoms with Gasteiger partial charge in [-0.3, -0.25) is 4.79 Å². The van der Waals surface area contributed by atoms with Gasteiger partial charge >= 0.3 is 0 Å². The number of benzene rings is 2. The van der Waals surface area contributed by atoms with Gasteiger partial charge in [0.05, 0.1) is 24.6 Å². The average molecular weight is 347 g/mol. The van der Waals surface area contributed by atoms with E-state index in [4.69, 9.17) is 4.74 Å². The predicted molar refractivity (Wildman–Crippen MR) is 104 cm³/mol. The van der Waals surface area contributed by atoms with Crippen LogP contribution in [0.25, 0.3) is 0 Å². The number of hydrogen-bond acceptors (Lipinski definition) is 4. The predicted octanol–water partition coefficient (Wildman–Crippen LogP) is 4.65. The summed E-state index contributed by atoms with van der Waals surface area (Å²) in [5.74, 6) is 0.752. The summed E-state index contributed by atoms with van der Waals surface area (Å²) >= 11 is 0. The molecule has 1 heterocycles. The molecule has 0 spiro atoms. The number of amides is 1. The van der Waals surface area contributed by atoms with E-state index < -0.39 is 0 Å². The lowest BCUT2D eigenvalue weighted by molar-refractivity contribution is 0.102. The van der Waals surface area contributed by atoms with Crippen molar-refractivity contribution in [3.63, 3.8) is 0 Å². The Kier molecular flexibility index (Phi) is 5.49. The highest BCUT2D eigenvalue weighted by Crippen LogP contribution is 2.22. The van der Waals surface area contributed by atoms with Gasteiger partial charge in [-0.25, -0.2) is 4.98 Å². The first-order valence-corrected chi connectivity index (χ1v) is 8.46. The van der Waals surface area contributed by atoms with Gasteiger partial charge in [0, 0.05) is 5.69 Å². The Balaban J connectivity index is 1.71. The Labute approximate surface area is 153 Å². The van der Waals surface area contributed by atoms with E-state index in [2.05, 4.69) is 28.6 Å². The van der Waals surface area contributed by atoms with Gasteiger partial charge in [0.1, 0.15) is 11.6 Å². The second-order valence-corrected chi connectivity index (χ2v) is 5.72. The maximum absolute atomic E-state index is 12.4. The number of aryl methyl sites for hydroxylation is 1. The topological polar surface area (TPSA) is 63.2 Å². The fraction of sp³-hybridized carbons (Fsp3) is 0.143. The average Bonchev–Trinajstić information content (AvgIpc) is 2.69. The van der Waals surface area contributed by atoms with Gasteiger partial charge in [0.15, 0.2) is 0 Å². The number of rotatable bonds is 6. The zero-order chi connectivity index (χ0) is 18.4. The van der Waals surface area contributed by atoms with Crippen molar-refractivity contribution in [2.24, 2.45) is 0 Å². The van der Waals surface area contributed by atoms with Crippen LogP contribution in [0.5, 0.6) is 5.75 Å². The molecule has 0 fully saturated rings. The summed E-state index contributed by atoms with van der Waals surface area (Å²) in [6, 6.07) is 18.9. The van der Waals surface area contributed by atoms with Crippen LogP contribution < -0.4 is 15.4 Å². The van der Waals surface area contributed by atoms with Crippen LogP contribution in [0, 0.1) is 0 Å². The van der Waals surface area contributed by atoms with Crippen molar-refractivity contribution in [3.05, 3.63) is 78.0 Å². The zero-order valence-electron chi connectivity index (χ0n) is 14.8. The minimum Gasteiger partial charge on any atom is -0.496 e. The molecule has 2 aromatic carbocycles. The number of nitrogens with zero attached hydrogens (tertiary/aromatic N) is 1. The largest absolute Gasteiger partial charge is 0.496 e. The number of para-hydroxylation sites is 2. The second-order valence-electron chi connectivity index (χ2n) is 5.72. The maximum Gasteiger partial charge on any atom is 0.260 e. The number of pyridine rings is 1. The lowest BCUT2D eigenvalue weighted by Crippen LogP contribution is -2.14. The molecule has 2 N–H and O–H groups in total. The monoisotopic (exact) mass is 347 g/mol. The minimum absolute atomic E-state index is 0.257. The molecule has 1 amide bonds. The summed E-state index contributed by atoms with van der Waals surface area (Å²) in [6.45, 7) is 2.12. The van der Waals surface area contributed by atoms with Crippen molar-refractivity contribution in [3.8, 4) is 5.75 Å². The van der Waals surface area contributed by atoms with Crippen LogP contribution in [0.3, 0.4) is 0 Å². The van der Waals surface area contributed by atoms with E-state index in [0.29, 0.717) is 17.1 Å². The molecule has 3 rings (SSSR count). The molecule has 1 aromatic heterocycles. The van der Waals surface area contributed by atoms with E-state index in [-0.39, 0.29) is 5.91 Å². The van der Waals surface area contributed by atoms with Gasteiger partial charge in [-0.2, -0.15) is 0 Å². The van der Waals surface area contributed by atoms with Crippen molar-refractivity contribution >= 4 is 23.1 Å². The minimum atomic E-state index is -0.257. The third kappa shape index (κ3) is 4.00. The van der Waals surface area contributed by atoms with Gasteiger partial charge in [-0.15, -0.1) is 0 Å². The fourth-order valence-corrected chi connectivity index (χ4v) is 2.66. The van der Waals surface area contributed by atoms with E-state index in [1.165, 1.54) is 5.56 Å².